The molecule has 18 heavy (non-hydrogen) atoms. The Balaban J connectivity index is 2.21. The van der Waals surface area contributed by atoms with Crippen LogP contribution in [0.1, 0.15) is 32.7 Å². The number of benzene rings is 1. The Kier molecular flexibility index (Phi) is 2.77. The lowest BCUT2D eigenvalue weighted by atomic mass is 9.97. The molecule has 2 aromatic rings. The lowest BCUT2D eigenvalue weighted by Gasteiger charge is -2.20. The van der Waals surface area contributed by atoms with Gasteiger partial charge in [-0.3, -0.25) is 0 Å². The topological polar surface area (TPSA) is 20.7 Å². The molecule has 0 bridgehead atoms. The van der Waals surface area contributed by atoms with Crippen molar-refractivity contribution in [1.29, 1.82) is 0 Å². The fourth-order valence-corrected chi connectivity index (χ4v) is 3.48. The Hall–Kier alpha value is -1.16. The molecule has 0 aliphatic heterocycles. The van der Waals surface area contributed by atoms with Crippen molar-refractivity contribution in [3.63, 3.8) is 0 Å². The minimum Gasteiger partial charge on any atom is -0.328 e. The molecule has 3 atom stereocenters. The van der Waals surface area contributed by atoms with Gasteiger partial charge in [0.2, 0.25) is 0 Å². The fraction of sp³-hybridized carbons (Fsp3) is 0.500. The van der Waals surface area contributed by atoms with E-state index >= 15 is 0 Å². The van der Waals surface area contributed by atoms with Gasteiger partial charge >= 0.3 is 0 Å². The van der Waals surface area contributed by atoms with E-state index in [4.69, 9.17) is 12.2 Å². The average molecular weight is 264 g/mol. The van der Waals surface area contributed by atoms with E-state index in [9.17, 15) is 4.39 Å². The number of hydrogen-bond acceptors (Lipinski definition) is 1. The van der Waals surface area contributed by atoms with Crippen LogP contribution in [0.25, 0.3) is 11.0 Å². The Morgan fingerprint density at radius 2 is 2.11 bits per heavy atom. The van der Waals surface area contributed by atoms with Crippen LogP contribution in [0.3, 0.4) is 0 Å². The molecule has 1 saturated carbocycles. The summed E-state index contributed by atoms with van der Waals surface area (Å²) in [6, 6.07) is 5.56. The van der Waals surface area contributed by atoms with E-state index in [0.29, 0.717) is 28.2 Å². The number of imidazole rings is 1. The number of nitrogens with one attached hydrogen (secondary N) is 1. The molecule has 1 heterocycles. The van der Waals surface area contributed by atoms with E-state index < -0.39 is 0 Å². The Bertz CT molecular complexity index is 643. The van der Waals surface area contributed by atoms with Crippen molar-refractivity contribution in [1.82, 2.24) is 9.55 Å². The first-order chi connectivity index (χ1) is 8.59. The van der Waals surface area contributed by atoms with Crippen molar-refractivity contribution >= 4 is 23.3 Å². The number of hydrogen-bond donors (Lipinski definition) is 1. The number of rotatable bonds is 1. The maximum atomic E-state index is 13.7. The summed E-state index contributed by atoms with van der Waals surface area (Å²) >= 11 is 5.38. The van der Waals surface area contributed by atoms with Crippen LogP contribution in [0.2, 0.25) is 0 Å². The monoisotopic (exact) mass is 264 g/mol. The summed E-state index contributed by atoms with van der Waals surface area (Å²) in [5.41, 5.74) is 1.43. The second-order valence-electron chi connectivity index (χ2n) is 5.42. The van der Waals surface area contributed by atoms with Gasteiger partial charge in [-0.2, -0.15) is 0 Å². The molecular weight excluding hydrogens is 247 g/mol. The first kappa shape index (κ1) is 11.9. The number of aromatic nitrogens is 2. The quantitative estimate of drug-likeness (QED) is 0.755. The number of aromatic amines is 1. The third-order valence-corrected chi connectivity index (χ3v) is 4.75. The summed E-state index contributed by atoms with van der Waals surface area (Å²) in [5, 5.41) is 0. The van der Waals surface area contributed by atoms with Crippen LogP contribution in [-0.2, 0) is 0 Å². The summed E-state index contributed by atoms with van der Waals surface area (Å²) in [6.07, 6.45) is 2.34. The van der Waals surface area contributed by atoms with Gasteiger partial charge in [0, 0.05) is 6.04 Å². The van der Waals surface area contributed by atoms with E-state index in [1.54, 1.807) is 6.07 Å². The van der Waals surface area contributed by atoms with Crippen LogP contribution in [-0.4, -0.2) is 9.55 Å². The second-order valence-corrected chi connectivity index (χ2v) is 5.80. The molecule has 0 radical (unpaired) electrons. The molecule has 4 heteroatoms. The summed E-state index contributed by atoms with van der Waals surface area (Å²) in [6.45, 7) is 4.55. The van der Waals surface area contributed by atoms with Gasteiger partial charge in [-0.05, 0) is 49.0 Å². The van der Waals surface area contributed by atoms with Gasteiger partial charge in [-0.25, -0.2) is 4.39 Å². The zero-order valence-corrected chi connectivity index (χ0v) is 11.4. The van der Waals surface area contributed by atoms with Crippen molar-refractivity contribution in [3.05, 3.63) is 28.8 Å². The Morgan fingerprint density at radius 3 is 2.78 bits per heavy atom. The molecule has 3 unspecified atom stereocenters. The van der Waals surface area contributed by atoms with Gasteiger partial charge in [0.1, 0.15) is 11.3 Å². The van der Waals surface area contributed by atoms with Crippen LogP contribution < -0.4 is 0 Å². The molecule has 1 fully saturated rings. The van der Waals surface area contributed by atoms with E-state index in [1.165, 1.54) is 12.5 Å². The molecule has 1 N–H and O–H groups in total. The van der Waals surface area contributed by atoms with Crippen LogP contribution in [0, 0.1) is 22.4 Å². The molecule has 1 aromatic carbocycles. The molecule has 1 aliphatic carbocycles. The highest BCUT2D eigenvalue weighted by Gasteiger charge is 2.32. The first-order valence-electron chi connectivity index (χ1n) is 6.48. The molecule has 3 rings (SSSR count). The highest BCUT2D eigenvalue weighted by Crippen LogP contribution is 2.41. The van der Waals surface area contributed by atoms with Crippen molar-refractivity contribution in [2.45, 2.75) is 32.7 Å². The Morgan fingerprint density at radius 1 is 1.33 bits per heavy atom. The number of halogens is 1. The van der Waals surface area contributed by atoms with Crippen molar-refractivity contribution in [3.8, 4) is 0 Å². The van der Waals surface area contributed by atoms with Crippen molar-refractivity contribution in [2.75, 3.05) is 0 Å². The average Bonchev–Trinajstić information content (AvgIpc) is 2.83. The minimum atomic E-state index is -0.226. The maximum absolute atomic E-state index is 13.7. The highest BCUT2D eigenvalue weighted by atomic mass is 32.1. The first-order valence-corrected chi connectivity index (χ1v) is 6.89. The summed E-state index contributed by atoms with van der Waals surface area (Å²) < 4.78 is 16.5. The SMILES string of the molecule is CC1CCC(n2c(=S)[nH]c3c(F)cccc32)C1C. The number of para-hydroxylation sites is 1. The van der Waals surface area contributed by atoms with Crippen molar-refractivity contribution in [2.24, 2.45) is 11.8 Å². The zero-order chi connectivity index (χ0) is 12.9. The Labute approximate surface area is 111 Å². The van der Waals surface area contributed by atoms with Gasteiger partial charge in [0.15, 0.2) is 4.77 Å². The largest absolute Gasteiger partial charge is 0.328 e. The standard InChI is InChI=1S/C14H17FN2S/c1-8-6-7-11(9(8)2)17-12-5-3-4-10(15)13(12)16-14(17)18/h3-5,8-9,11H,6-7H2,1-2H3,(H,16,18). The van der Waals surface area contributed by atoms with Crippen molar-refractivity contribution < 1.29 is 4.39 Å². The zero-order valence-electron chi connectivity index (χ0n) is 10.6. The van der Waals surface area contributed by atoms with Gasteiger partial charge in [0.05, 0.1) is 5.52 Å². The van der Waals surface area contributed by atoms with Gasteiger partial charge in [-0.15, -0.1) is 0 Å². The molecular formula is C14H17FN2S. The van der Waals surface area contributed by atoms with E-state index in [0.717, 1.165) is 11.9 Å². The molecule has 96 valence electrons. The molecule has 0 saturated heterocycles. The fourth-order valence-electron chi connectivity index (χ4n) is 3.15. The number of fused-ring (bicyclic) bond motifs is 1. The van der Waals surface area contributed by atoms with E-state index in [2.05, 4.69) is 23.4 Å². The van der Waals surface area contributed by atoms with Gasteiger partial charge in [0.25, 0.3) is 0 Å². The van der Waals surface area contributed by atoms with E-state index in [-0.39, 0.29) is 5.82 Å². The number of nitrogens with zero attached hydrogens (tertiary/aromatic N) is 1. The predicted molar refractivity (Wildman–Crippen MR) is 73.7 cm³/mol. The number of H-pyrrole nitrogens is 1. The molecule has 1 aliphatic rings. The van der Waals surface area contributed by atoms with Crippen LogP contribution in [0.15, 0.2) is 18.2 Å². The maximum Gasteiger partial charge on any atom is 0.178 e. The second kappa shape index (κ2) is 4.19. The van der Waals surface area contributed by atoms with Gasteiger partial charge in [-0.1, -0.05) is 19.9 Å². The summed E-state index contributed by atoms with van der Waals surface area (Å²) in [5.74, 6) is 1.06. The van der Waals surface area contributed by atoms with E-state index in [1.807, 2.05) is 6.07 Å². The minimum absolute atomic E-state index is 0.226. The van der Waals surface area contributed by atoms with Crippen LogP contribution >= 0.6 is 12.2 Å². The van der Waals surface area contributed by atoms with Gasteiger partial charge < -0.3 is 9.55 Å². The van der Waals surface area contributed by atoms with Crippen LogP contribution in [0.5, 0.6) is 0 Å². The third-order valence-electron chi connectivity index (χ3n) is 4.46. The lowest BCUT2D eigenvalue weighted by Crippen LogP contribution is -2.14. The normalized spacial score (nSPS) is 28.1. The molecule has 1 aromatic heterocycles. The molecule has 0 spiro atoms. The molecule has 2 nitrogen and oxygen atoms in total. The smallest absolute Gasteiger partial charge is 0.178 e. The molecule has 0 amide bonds. The summed E-state index contributed by atoms with van der Waals surface area (Å²) in [4.78, 5) is 3.01. The van der Waals surface area contributed by atoms with Crippen LogP contribution in [0.4, 0.5) is 4.39 Å². The third kappa shape index (κ3) is 1.62. The lowest BCUT2D eigenvalue weighted by molar-refractivity contribution is 0.356. The summed E-state index contributed by atoms with van der Waals surface area (Å²) in [7, 11) is 0. The highest BCUT2D eigenvalue weighted by molar-refractivity contribution is 7.71. The predicted octanol–water partition coefficient (Wildman–Crippen LogP) is 4.45.